The molecule has 0 unspecified atom stereocenters. The fourth-order valence-electron chi connectivity index (χ4n) is 2.48. The van der Waals surface area contributed by atoms with Gasteiger partial charge in [0.25, 0.3) is 5.91 Å². The molecule has 0 radical (unpaired) electrons. The van der Waals surface area contributed by atoms with E-state index in [9.17, 15) is 14.4 Å². The van der Waals surface area contributed by atoms with E-state index in [1.165, 1.54) is 9.47 Å². The summed E-state index contributed by atoms with van der Waals surface area (Å²) in [6, 6.07) is 10.8. The maximum absolute atomic E-state index is 12.0. The van der Waals surface area contributed by atoms with Gasteiger partial charge in [-0.1, -0.05) is 18.2 Å². The Labute approximate surface area is 153 Å². The minimum absolute atomic E-state index is 0.0225. The number of esters is 1. The number of para-hydroxylation sites is 2. The molecule has 0 spiro atoms. The molecule has 0 aliphatic heterocycles. The molecule has 0 atom stereocenters. The number of ether oxygens (including phenoxy) is 1. The Morgan fingerprint density at radius 3 is 2.81 bits per heavy atom. The van der Waals surface area contributed by atoms with E-state index in [2.05, 4.69) is 0 Å². The van der Waals surface area contributed by atoms with Gasteiger partial charge in [-0.05, 0) is 23.6 Å². The van der Waals surface area contributed by atoms with Gasteiger partial charge >= 0.3 is 11.7 Å². The van der Waals surface area contributed by atoms with Crippen LogP contribution in [0.2, 0.25) is 0 Å². The van der Waals surface area contributed by atoms with E-state index in [1.54, 1.807) is 42.6 Å². The highest BCUT2D eigenvalue weighted by atomic mass is 32.1. The van der Waals surface area contributed by atoms with E-state index < -0.39 is 11.7 Å². The number of nitrogens with zero attached hydrogens (tertiary/aromatic N) is 2. The van der Waals surface area contributed by atoms with Crippen molar-refractivity contribution in [3.63, 3.8) is 0 Å². The second kappa shape index (κ2) is 8.01. The smallest absolute Gasteiger partial charge is 0.419 e. The lowest BCUT2D eigenvalue weighted by atomic mass is 10.3. The number of oxazole rings is 1. The van der Waals surface area contributed by atoms with Crippen molar-refractivity contribution >= 4 is 34.3 Å². The molecular formula is C18H18N2O5S. The molecule has 1 aromatic carbocycles. The van der Waals surface area contributed by atoms with E-state index >= 15 is 0 Å². The molecule has 7 nitrogen and oxygen atoms in total. The monoisotopic (exact) mass is 374 g/mol. The van der Waals surface area contributed by atoms with Crippen LogP contribution in [0.3, 0.4) is 0 Å². The third-order valence-corrected chi connectivity index (χ3v) is 4.73. The molecule has 0 aliphatic carbocycles. The van der Waals surface area contributed by atoms with Crippen LogP contribution in [-0.4, -0.2) is 35.0 Å². The third-order valence-electron chi connectivity index (χ3n) is 3.87. The maximum Gasteiger partial charge on any atom is 0.419 e. The molecule has 8 heteroatoms. The van der Waals surface area contributed by atoms with Crippen molar-refractivity contribution in [1.29, 1.82) is 0 Å². The molecule has 0 fully saturated rings. The average molecular weight is 374 g/mol. The van der Waals surface area contributed by atoms with Gasteiger partial charge in [0.2, 0.25) is 0 Å². The normalized spacial score (nSPS) is 10.8. The number of carbonyl (C=O) groups excluding carboxylic acids is 2. The molecule has 0 bridgehead atoms. The van der Waals surface area contributed by atoms with Gasteiger partial charge in [0.1, 0.15) is 0 Å². The largest absolute Gasteiger partial charge is 0.456 e. The third kappa shape index (κ3) is 4.20. The number of amides is 1. The van der Waals surface area contributed by atoms with Crippen LogP contribution in [-0.2, 0) is 27.4 Å². The summed E-state index contributed by atoms with van der Waals surface area (Å²) in [6.45, 7) is 0.292. The van der Waals surface area contributed by atoms with Gasteiger partial charge in [-0.3, -0.25) is 14.2 Å². The number of aryl methyl sites for hydroxylation is 1. The highest BCUT2D eigenvalue weighted by Crippen LogP contribution is 2.12. The molecule has 0 saturated heterocycles. The van der Waals surface area contributed by atoms with E-state index in [4.69, 9.17) is 9.15 Å². The van der Waals surface area contributed by atoms with Gasteiger partial charge in [-0.15, -0.1) is 11.3 Å². The van der Waals surface area contributed by atoms with Crippen molar-refractivity contribution in [2.24, 2.45) is 0 Å². The van der Waals surface area contributed by atoms with Crippen molar-refractivity contribution in [2.75, 3.05) is 13.7 Å². The first kappa shape index (κ1) is 17.9. The van der Waals surface area contributed by atoms with E-state index in [1.807, 2.05) is 17.5 Å². The molecule has 0 saturated carbocycles. The number of benzene rings is 1. The van der Waals surface area contributed by atoms with Crippen LogP contribution in [0.5, 0.6) is 0 Å². The zero-order valence-corrected chi connectivity index (χ0v) is 15.0. The van der Waals surface area contributed by atoms with E-state index in [0.29, 0.717) is 17.6 Å². The van der Waals surface area contributed by atoms with Crippen LogP contribution < -0.4 is 5.76 Å². The van der Waals surface area contributed by atoms with E-state index in [-0.39, 0.29) is 25.5 Å². The van der Waals surface area contributed by atoms with Gasteiger partial charge in [-0.2, -0.15) is 0 Å². The van der Waals surface area contributed by atoms with Gasteiger partial charge < -0.3 is 14.1 Å². The topological polar surface area (TPSA) is 81.8 Å². The number of carbonyl (C=O) groups is 2. The molecule has 0 aliphatic rings. The summed E-state index contributed by atoms with van der Waals surface area (Å²) in [5.74, 6) is -1.34. The Morgan fingerprint density at radius 2 is 2.04 bits per heavy atom. The van der Waals surface area contributed by atoms with Crippen LogP contribution in [0.15, 0.2) is 51.0 Å². The molecule has 0 N–H and O–H groups in total. The van der Waals surface area contributed by atoms with Crippen molar-refractivity contribution in [1.82, 2.24) is 9.47 Å². The summed E-state index contributed by atoms with van der Waals surface area (Å²) in [4.78, 5) is 38.3. The van der Waals surface area contributed by atoms with Crippen LogP contribution in [0.4, 0.5) is 0 Å². The molecular weight excluding hydrogens is 356 g/mol. The number of fused-ring (bicyclic) bond motifs is 1. The summed E-state index contributed by atoms with van der Waals surface area (Å²) in [5.41, 5.74) is 1.09. The Hall–Kier alpha value is -2.87. The Balaban J connectivity index is 1.49. The van der Waals surface area contributed by atoms with Gasteiger partial charge in [-0.25, -0.2) is 4.79 Å². The summed E-state index contributed by atoms with van der Waals surface area (Å²) >= 11 is 1.56. The Bertz CT molecular complexity index is 958. The molecule has 3 rings (SSSR count). The Kier molecular flexibility index (Phi) is 5.52. The fraction of sp³-hybridized carbons (Fsp3) is 0.278. The molecule has 136 valence electrons. The lowest BCUT2D eigenvalue weighted by Crippen LogP contribution is -2.30. The number of hydrogen-bond donors (Lipinski definition) is 0. The molecule has 2 heterocycles. The predicted molar refractivity (Wildman–Crippen MR) is 96.8 cm³/mol. The zero-order chi connectivity index (χ0) is 18.5. The van der Waals surface area contributed by atoms with Crippen LogP contribution in [0.1, 0.15) is 11.3 Å². The maximum atomic E-state index is 12.0. The summed E-state index contributed by atoms with van der Waals surface area (Å²) in [7, 11) is 1.66. The van der Waals surface area contributed by atoms with Gasteiger partial charge in [0.15, 0.2) is 12.2 Å². The minimum Gasteiger partial charge on any atom is -0.456 e. The summed E-state index contributed by atoms with van der Waals surface area (Å²) in [5, 5.41) is 1.94. The molecule has 26 heavy (non-hydrogen) atoms. The van der Waals surface area contributed by atoms with Crippen LogP contribution in [0.25, 0.3) is 11.1 Å². The summed E-state index contributed by atoms with van der Waals surface area (Å²) in [6.07, 6.45) is -0.0225. The SMILES string of the molecule is CN(Cc1cccs1)C(=O)COC(=O)CCn1c(=O)oc2ccccc21. The average Bonchev–Trinajstić information content (AvgIpc) is 3.24. The lowest BCUT2D eigenvalue weighted by molar-refractivity contribution is -0.151. The zero-order valence-electron chi connectivity index (χ0n) is 14.2. The van der Waals surface area contributed by atoms with Crippen molar-refractivity contribution in [3.05, 3.63) is 57.2 Å². The number of rotatable bonds is 7. The van der Waals surface area contributed by atoms with Crippen LogP contribution in [0, 0.1) is 0 Å². The Morgan fingerprint density at radius 1 is 1.23 bits per heavy atom. The number of likely N-dealkylation sites (N-methyl/N-ethyl adjacent to an activating group) is 1. The molecule has 3 aromatic rings. The van der Waals surface area contributed by atoms with Crippen molar-refractivity contribution in [3.8, 4) is 0 Å². The first-order valence-corrected chi connectivity index (χ1v) is 8.93. The quantitative estimate of drug-likeness (QED) is 0.593. The standard InChI is InChI=1S/C18H18N2O5S/c1-19(11-13-5-4-10-26-13)16(21)12-24-17(22)8-9-20-14-6-2-3-7-15(14)25-18(20)23/h2-7,10H,8-9,11-12H2,1H3. The van der Waals surface area contributed by atoms with Gasteiger partial charge in [0.05, 0.1) is 18.5 Å². The number of aromatic nitrogens is 1. The number of hydrogen-bond acceptors (Lipinski definition) is 6. The second-order valence-corrected chi connectivity index (χ2v) is 6.76. The first-order chi connectivity index (χ1) is 12.5. The second-order valence-electron chi connectivity index (χ2n) is 5.73. The lowest BCUT2D eigenvalue weighted by Gasteiger charge is -2.16. The molecule has 1 amide bonds. The van der Waals surface area contributed by atoms with Crippen molar-refractivity contribution < 1.29 is 18.7 Å². The van der Waals surface area contributed by atoms with Crippen molar-refractivity contribution in [2.45, 2.75) is 19.5 Å². The first-order valence-electron chi connectivity index (χ1n) is 8.05. The van der Waals surface area contributed by atoms with Gasteiger partial charge in [0, 0.05) is 18.5 Å². The highest BCUT2D eigenvalue weighted by molar-refractivity contribution is 7.09. The van der Waals surface area contributed by atoms with Crippen LogP contribution >= 0.6 is 11.3 Å². The highest BCUT2D eigenvalue weighted by Gasteiger charge is 2.14. The van der Waals surface area contributed by atoms with E-state index in [0.717, 1.165) is 4.88 Å². The minimum atomic E-state index is -0.542. The molecule has 2 aromatic heterocycles. The fourth-order valence-corrected chi connectivity index (χ4v) is 3.24. The summed E-state index contributed by atoms with van der Waals surface area (Å²) < 4.78 is 11.5. The predicted octanol–water partition coefficient (Wildman–Crippen LogP) is 2.25. The number of thiophene rings is 1.